The predicted molar refractivity (Wildman–Crippen MR) is 84.1 cm³/mol. The quantitative estimate of drug-likeness (QED) is 0.849. The second kappa shape index (κ2) is 6.49. The predicted octanol–water partition coefficient (Wildman–Crippen LogP) is 3.49. The van der Waals surface area contributed by atoms with Crippen LogP contribution in [0, 0.1) is 5.92 Å². The Labute approximate surface area is 126 Å². The molecule has 0 bridgehead atoms. The van der Waals surface area contributed by atoms with Gasteiger partial charge in [0.05, 0.1) is 0 Å². The topological polar surface area (TPSA) is 46.3 Å². The molecule has 1 saturated heterocycles. The highest BCUT2D eigenvalue weighted by molar-refractivity contribution is 5.95. The van der Waals surface area contributed by atoms with E-state index in [1.54, 1.807) is 6.07 Å². The van der Waals surface area contributed by atoms with E-state index in [1.165, 1.54) is 32.1 Å². The summed E-state index contributed by atoms with van der Waals surface area (Å²) in [6.07, 6.45) is 7.59. The molecule has 4 heteroatoms. The van der Waals surface area contributed by atoms with E-state index >= 15 is 0 Å². The zero-order chi connectivity index (χ0) is 13.2. The van der Waals surface area contributed by atoms with Gasteiger partial charge in [-0.15, -0.1) is 12.4 Å². The van der Waals surface area contributed by atoms with Gasteiger partial charge in [0.2, 0.25) is 0 Å². The molecule has 0 aromatic heterocycles. The van der Waals surface area contributed by atoms with Crippen molar-refractivity contribution >= 4 is 24.0 Å². The van der Waals surface area contributed by atoms with Gasteiger partial charge in [0.15, 0.2) is 0 Å². The normalized spacial score (nSPS) is 22.8. The maximum atomic E-state index is 12.6. The van der Waals surface area contributed by atoms with Crippen LogP contribution in [0.1, 0.15) is 48.9 Å². The van der Waals surface area contributed by atoms with E-state index < -0.39 is 0 Å². The van der Waals surface area contributed by atoms with Crippen LogP contribution in [0.4, 0.5) is 5.69 Å². The van der Waals surface area contributed by atoms with Crippen LogP contribution in [0.3, 0.4) is 0 Å². The van der Waals surface area contributed by atoms with Crippen LogP contribution in [0.15, 0.2) is 24.3 Å². The minimum absolute atomic E-state index is 0. The molecule has 1 aromatic carbocycles. The van der Waals surface area contributed by atoms with Crippen molar-refractivity contribution in [3.63, 3.8) is 0 Å². The summed E-state index contributed by atoms with van der Waals surface area (Å²) in [6.45, 7) is 0.912. The summed E-state index contributed by atoms with van der Waals surface area (Å²) in [7, 11) is 0. The highest BCUT2D eigenvalue weighted by Gasteiger charge is 2.36. The van der Waals surface area contributed by atoms with Gasteiger partial charge in [0.25, 0.3) is 5.91 Å². The van der Waals surface area contributed by atoms with Gasteiger partial charge in [-0.05, 0) is 49.8 Å². The Bertz CT molecular complexity index is 471. The number of nitrogens with zero attached hydrogens (tertiary/aromatic N) is 1. The molecule has 1 aromatic rings. The monoisotopic (exact) mass is 294 g/mol. The number of amides is 1. The van der Waals surface area contributed by atoms with Gasteiger partial charge in [-0.1, -0.05) is 18.9 Å². The lowest BCUT2D eigenvalue weighted by atomic mass is 9.95. The summed E-state index contributed by atoms with van der Waals surface area (Å²) in [5.74, 6) is 0.897. The van der Waals surface area contributed by atoms with Crippen molar-refractivity contribution in [3.05, 3.63) is 29.8 Å². The van der Waals surface area contributed by atoms with Crippen molar-refractivity contribution in [1.29, 1.82) is 0 Å². The molecule has 110 valence electrons. The number of carbonyl (C=O) groups is 1. The lowest BCUT2D eigenvalue weighted by Gasteiger charge is -2.29. The molecule has 1 aliphatic heterocycles. The van der Waals surface area contributed by atoms with Gasteiger partial charge in [-0.25, -0.2) is 0 Å². The van der Waals surface area contributed by atoms with E-state index in [1.807, 2.05) is 18.2 Å². The Morgan fingerprint density at radius 1 is 1.15 bits per heavy atom. The Balaban J connectivity index is 0.00000147. The van der Waals surface area contributed by atoms with Gasteiger partial charge in [-0.2, -0.15) is 0 Å². The highest BCUT2D eigenvalue weighted by Crippen LogP contribution is 2.36. The second-order valence-corrected chi connectivity index (χ2v) is 5.88. The molecule has 1 amide bonds. The molecule has 2 N–H and O–H groups in total. The Morgan fingerprint density at radius 3 is 2.60 bits per heavy atom. The first-order valence-corrected chi connectivity index (χ1v) is 7.42. The van der Waals surface area contributed by atoms with Crippen LogP contribution < -0.4 is 5.73 Å². The molecule has 3 nitrogen and oxygen atoms in total. The number of likely N-dealkylation sites (tertiary alicyclic amines) is 1. The minimum Gasteiger partial charge on any atom is -0.399 e. The maximum absolute atomic E-state index is 12.6. The second-order valence-electron chi connectivity index (χ2n) is 5.88. The first-order valence-electron chi connectivity index (χ1n) is 7.42. The zero-order valence-electron chi connectivity index (χ0n) is 11.8. The third-order valence-electron chi connectivity index (χ3n) is 4.64. The van der Waals surface area contributed by atoms with Crippen LogP contribution in [-0.4, -0.2) is 23.4 Å². The fourth-order valence-corrected chi connectivity index (χ4v) is 3.71. The number of benzene rings is 1. The molecule has 1 atom stereocenters. The van der Waals surface area contributed by atoms with E-state index in [0.29, 0.717) is 11.7 Å². The van der Waals surface area contributed by atoms with Crippen molar-refractivity contribution < 1.29 is 4.79 Å². The molecule has 20 heavy (non-hydrogen) atoms. The number of hydrogen-bond acceptors (Lipinski definition) is 2. The molecular formula is C16H23ClN2O. The SMILES string of the molecule is Cl.Nc1cccc(C(=O)N2CCCC2C2CCCC2)c1. The molecule has 1 heterocycles. The average Bonchev–Trinajstić information content (AvgIpc) is 3.08. The van der Waals surface area contributed by atoms with Crippen molar-refractivity contribution in [1.82, 2.24) is 4.90 Å². The Morgan fingerprint density at radius 2 is 1.90 bits per heavy atom. The summed E-state index contributed by atoms with van der Waals surface area (Å²) in [5, 5.41) is 0. The van der Waals surface area contributed by atoms with Crippen molar-refractivity contribution in [2.24, 2.45) is 5.92 Å². The number of nitrogens with two attached hydrogens (primary N) is 1. The average molecular weight is 295 g/mol. The Hall–Kier alpha value is -1.22. The lowest BCUT2D eigenvalue weighted by Crippen LogP contribution is -2.39. The van der Waals surface area contributed by atoms with Gasteiger partial charge in [0.1, 0.15) is 0 Å². The summed E-state index contributed by atoms with van der Waals surface area (Å²) in [5.41, 5.74) is 7.19. The summed E-state index contributed by atoms with van der Waals surface area (Å²) in [4.78, 5) is 14.7. The molecule has 3 rings (SSSR count). The summed E-state index contributed by atoms with van der Waals surface area (Å²) >= 11 is 0. The van der Waals surface area contributed by atoms with Gasteiger partial charge >= 0.3 is 0 Å². The van der Waals surface area contributed by atoms with E-state index in [2.05, 4.69) is 4.90 Å². The van der Waals surface area contributed by atoms with Gasteiger partial charge in [-0.3, -0.25) is 4.79 Å². The molecule has 1 unspecified atom stereocenters. The van der Waals surface area contributed by atoms with Crippen molar-refractivity contribution in [2.45, 2.75) is 44.6 Å². The molecule has 1 saturated carbocycles. The third-order valence-corrected chi connectivity index (χ3v) is 4.64. The first-order chi connectivity index (χ1) is 9.25. The fraction of sp³-hybridized carbons (Fsp3) is 0.562. The van der Waals surface area contributed by atoms with Crippen LogP contribution in [0.2, 0.25) is 0 Å². The molecule has 2 fully saturated rings. The highest BCUT2D eigenvalue weighted by atomic mass is 35.5. The van der Waals surface area contributed by atoms with Gasteiger partial charge < -0.3 is 10.6 Å². The number of hydrogen-bond donors (Lipinski definition) is 1. The summed E-state index contributed by atoms with van der Waals surface area (Å²) in [6, 6.07) is 7.84. The molecule has 1 aliphatic carbocycles. The number of anilines is 1. The smallest absolute Gasteiger partial charge is 0.254 e. The van der Waals surface area contributed by atoms with Crippen LogP contribution in [0.25, 0.3) is 0 Å². The van der Waals surface area contributed by atoms with E-state index in [9.17, 15) is 4.79 Å². The van der Waals surface area contributed by atoms with E-state index in [-0.39, 0.29) is 18.3 Å². The van der Waals surface area contributed by atoms with E-state index in [4.69, 9.17) is 5.73 Å². The lowest BCUT2D eigenvalue weighted by molar-refractivity contribution is 0.0689. The standard InChI is InChI=1S/C16H22N2O.ClH/c17-14-8-3-7-13(11-14)16(19)18-10-4-9-15(18)12-5-1-2-6-12;/h3,7-8,11-12,15H,1-2,4-6,9-10,17H2;1H. The minimum atomic E-state index is 0. The maximum Gasteiger partial charge on any atom is 0.254 e. The van der Waals surface area contributed by atoms with Crippen LogP contribution >= 0.6 is 12.4 Å². The van der Waals surface area contributed by atoms with Crippen molar-refractivity contribution in [2.75, 3.05) is 12.3 Å². The number of rotatable bonds is 2. The third kappa shape index (κ3) is 2.93. The van der Waals surface area contributed by atoms with E-state index in [0.717, 1.165) is 24.4 Å². The number of carbonyl (C=O) groups excluding carboxylic acids is 1. The summed E-state index contributed by atoms with van der Waals surface area (Å²) < 4.78 is 0. The number of halogens is 1. The fourth-order valence-electron chi connectivity index (χ4n) is 3.71. The Kier molecular flexibility index (Phi) is 4.92. The zero-order valence-corrected chi connectivity index (χ0v) is 12.6. The first kappa shape index (κ1) is 15.2. The molecule has 0 spiro atoms. The molecular weight excluding hydrogens is 272 g/mol. The van der Waals surface area contributed by atoms with Crippen molar-refractivity contribution in [3.8, 4) is 0 Å². The molecule has 2 aliphatic rings. The number of nitrogen functional groups attached to an aromatic ring is 1. The van der Waals surface area contributed by atoms with Gasteiger partial charge in [0, 0.05) is 23.8 Å². The van der Waals surface area contributed by atoms with Crippen LogP contribution in [0.5, 0.6) is 0 Å². The molecule has 0 radical (unpaired) electrons. The largest absolute Gasteiger partial charge is 0.399 e. The van der Waals surface area contributed by atoms with Crippen LogP contribution in [-0.2, 0) is 0 Å².